The molecular weight excluding hydrogens is 260 g/mol. The van der Waals surface area contributed by atoms with Crippen molar-refractivity contribution >= 4 is 22.7 Å². The number of anilines is 2. The number of hydrogen-bond acceptors (Lipinski definition) is 3. The first kappa shape index (κ1) is 13.5. The summed E-state index contributed by atoms with van der Waals surface area (Å²) >= 11 is 0. The third-order valence-corrected chi connectivity index (χ3v) is 3.89. The summed E-state index contributed by atoms with van der Waals surface area (Å²) in [6.07, 6.45) is 0.977. The Labute approximate surface area is 124 Å². The molecular formula is C17H20N4. The SMILES string of the molecule is Cc1c(N)ccc2c1nc(NCCc1ccccc1)n2C. The van der Waals surface area contributed by atoms with E-state index in [1.54, 1.807) is 0 Å². The molecule has 0 aliphatic carbocycles. The van der Waals surface area contributed by atoms with Crippen LogP contribution in [-0.4, -0.2) is 16.1 Å². The number of benzene rings is 2. The van der Waals surface area contributed by atoms with Gasteiger partial charge >= 0.3 is 0 Å². The summed E-state index contributed by atoms with van der Waals surface area (Å²) in [6, 6.07) is 14.4. The van der Waals surface area contributed by atoms with Crippen molar-refractivity contribution in [2.45, 2.75) is 13.3 Å². The van der Waals surface area contributed by atoms with Gasteiger partial charge in [-0.3, -0.25) is 0 Å². The average Bonchev–Trinajstić information content (AvgIpc) is 2.82. The maximum atomic E-state index is 5.95. The van der Waals surface area contributed by atoms with Crippen molar-refractivity contribution < 1.29 is 0 Å². The maximum Gasteiger partial charge on any atom is 0.203 e. The normalized spacial score (nSPS) is 11.0. The Kier molecular flexibility index (Phi) is 3.52. The third kappa shape index (κ3) is 2.57. The molecule has 3 rings (SSSR count). The summed E-state index contributed by atoms with van der Waals surface area (Å²) in [6.45, 7) is 2.87. The molecule has 108 valence electrons. The van der Waals surface area contributed by atoms with Gasteiger partial charge in [0.25, 0.3) is 0 Å². The van der Waals surface area contributed by atoms with Crippen molar-refractivity contribution in [2.75, 3.05) is 17.6 Å². The lowest BCUT2D eigenvalue weighted by atomic mass is 10.1. The van der Waals surface area contributed by atoms with Crippen LogP contribution in [0.4, 0.5) is 11.6 Å². The Balaban J connectivity index is 1.78. The van der Waals surface area contributed by atoms with E-state index in [0.29, 0.717) is 0 Å². The number of nitrogen functional groups attached to an aromatic ring is 1. The highest BCUT2D eigenvalue weighted by atomic mass is 15.2. The van der Waals surface area contributed by atoms with Gasteiger partial charge < -0.3 is 15.6 Å². The van der Waals surface area contributed by atoms with Gasteiger partial charge in [0.1, 0.15) is 0 Å². The van der Waals surface area contributed by atoms with E-state index < -0.39 is 0 Å². The topological polar surface area (TPSA) is 55.9 Å². The second kappa shape index (κ2) is 5.48. The van der Waals surface area contributed by atoms with Crippen LogP contribution in [0.3, 0.4) is 0 Å². The number of nitrogens with two attached hydrogens (primary N) is 1. The van der Waals surface area contributed by atoms with Crippen LogP contribution in [0.25, 0.3) is 11.0 Å². The highest BCUT2D eigenvalue weighted by molar-refractivity contribution is 5.86. The Bertz CT molecular complexity index is 759. The largest absolute Gasteiger partial charge is 0.398 e. The molecule has 4 heteroatoms. The monoisotopic (exact) mass is 280 g/mol. The molecule has 21 heavy (non-hydrogen) atoms. The summed E-state index contributed by atoms with van der Waals surface area (Å²) in [7, 11) is 2.02. The molecule has 0 radical (unpaired) electrons. The molecule has 2 aromatic carbocycles. The zero-order valence-electron chi connectivity index (χ0n) is 12.4. The molecule has 0 bridgehead atoms. The lowest BCUT2D eigenvalue weighted by Crippen LogP contribution is -2.08. The number of imidazole rings is 1. The highest BCUT2D eigenvalue weighted by Crippen LogP contribution is 2.25. The van der Waals surface area contributed by atoms with Gasteiger partial charge in [-0.25, -0.2) is 4.98 Å². The van der Waals surface area contributed by atoms with E-state index >= 15 is 0 Å². The predicted molar refractivity (Wildman–Crippen MR) is 88.5 cm³/mol. The van der Waals surface area contributed by atoms with Crippen LogP contribution >= 0.6 is 0 Å². The number of aryl methyl sites for hydroxylation is 2. The minimum atomic E-state index is 0.788. The molecule has 0 unspecified atom stereocenters. The van der Waals surface area contributed by atoms with Gasteiger partial charge in [-0.2, -0.15) is 0 Å². The third-order valence-electron chi connectivity index (χ3n) is 3.89. The molecule has 0 aliphatic heterocycles. The fourth-order valence-corrected chi connectivity index (χ4v) is 2.53. The van der Waals surface area contributed by atoms with Crippen molar-refractivity contribution in [1.82, 2.24) is 9.55 Å². The number of nitrogens with zero attached hydrogens (tertiary/aromatic N) is 2. The minimum absolute atomic E-state index is 0.788. The van der Waals surface area contributed by atoms with Gasteiger partial charge in [0.15, 0.2) is 0 Å². The van der Waals surface area contributed by atoms with E-state index in [9.17, 15) is 0 Å². The molecule has 0 fully saturated rings. The molecule has 0 saturated carbocycles. The molecule has 1 heterocycles. The molecule has 4 nitrogen and oxygen atoms in total. The van der Waals surface area contributed by atoms with Crippen LogP contribution in [0, 0.1) is 6.92 Å². The molecule has 0 atom stereocenters. The molecule has 0 amide bonds. The fourth-order valence-electron chi connectivity index (χ4n) is 2.53. The Morgan fingerprint density at radius 1 is 1.14 bits per heavy atom. The molecule has 1 aromatic heterocycles. The number of aromatic nitrogens is 2. The lowest BCUT2D eigenvalue weighted by molar-refractivity contribution is 0.912. The first-order valence-corrected chi connectivity index (χ1v) is 7.16. The van der Waals surface area contributed by atoms with Gasteiger partial charge in [-0.05, 0) is 36.6 Å². The molecule has 0 aliphatic rings. The predicted octanol–water partition coefficient (Wildman–Crippen LogP) is 3.12. The van der Waals surface area contributed by atoms with Crippen molar-refractivity contribution in [3.8, 4) is 0 Å². The number of rotatable bonds is 4. The van der Waals surface area contributed by atoms with Crippen LogP contribution in [0.1, 0.15) is 11.1 Å². The number of hydrogen-bond donors (Lipinski definition) is 2. The van der Waals surface area contributed by atoms with Gasteiger partial charge in [0.05, 0.1) is 11.0 Å². The first-order chi connectivity index (χ1) is 10.2. The standard InChI is InChI=1S/C17H20N4/c1-12-14(18)8-9-15-16(12)20-17(21(15)2)19-11-10-13-6-4-3-5-7-13/h3-9H,10-11,18H2,1-2H3,(H,19,20). The van der Waals surface area contributed by atoms with Crippen LogP contribution in [0.15, 0.2) is 42.5 Å². The minimum Gasteiger partial charge on any atom is -0.398 e. The van der Waals surface area contributed by atoms with Crippen LogP contribution in [-0.2, 0) is 13.5 Å². The van der Waals surface area contributed by atoms with Gasteiger partial charge in [0.2, 0.25) is 5.95 Å². The van der Waals surface area contributed by atoms with E-state index in [1.807, 2.05) is 32.2 Å². The quantitative estimate of drug-likeness (QED) is 0.722. The van der Waals surface area contributed by atoms with Gasteiger partial charge in [0, 0.05) is 19.3 Å². The first-order valence-electron chi connectivity index (χ1n) is 7.16. The summed E-state index contributed by atoms with van der Waals surface area (Å²) in [5, 5.41) is 3.41. The van der Waals surface area contributed by atoms with E-state index in [2.05, 4.69) is 39.1 Å². The van der Waals surface area contributed by atoms with Gasteiger partial charge in [-0.15, -0.1) is 0 Å². The summed E-state index contributed by atoms with van der Waals surface area (Å²) in [5.41, 5.74) is 11.2. The zero-order valence-corrected chi connectivity index (χ0v) is 12.4. The van der Waals surface area contributed by atoms with Crippen LogP contribution < -0.4 is 11.1 Å². The second-order valence-electron chi connectivity index (χ2n) is 5.30. The van der Waals surface area contributed by atoms with Crippen molar-refractivity contribution in [3.05, 3.63) is 53.6 Å². The molecule has 3 N–H and O–H groups in total. The molecule has 0 spiro atoms. The Hall–Kier alpha value is -2.49. The summed E-state index contributed by atoms with van der Waals surface area (Å²) in [5.74, 6) is 0.884. The fraction of sp³-hybridized carbons (Fsp3) is 0.235. The van der Waals surface area contributed by atoms with E-state index in [-0.39, 0.29) is 0 Å². The second-order valence-corrected chi connectivity index (χ2v) is 5.30. The molecule has 3 aromatic rings. The van der Waals surface area contributed by atoms with E-state index in [0.717, 1.165) is 41.2 Å². The smallest absolute Gasteiger partial charge is 0.203 e. The maximum absolute atomic E-state index is 5.95. The number of nitrogens with one attached hydrogen (secondary N) is 1. The van der Waals surface area contributed by atoms with Crippen LogP contribution in [0.5, 0.6) is 0 Å². The average molecular weight is 280 g/mol. The highest BCUT2D eigenvalue weighted by Gasteiger charge is 2.10. The Morgan fingerprint density at radius 2 is 1.90 bits per heavy atom. The summed E-state index contributed by atoms with van der Waals surface area (Å²) in [4.78, 5) is 4.68. The number of fused-ring (bicyclic) bond motifs is 1. The van der Waals surface area contributed by atoms with Crippen molar-refractivity contribution in [2.24, 2.45) is 7.05 Å². The van der Waals surface area contributed by atoms with Crippen molar-refractivity contribution in [3.63, 3.8) is 0 Å². The van der Waals surface area contributed by atoms with Crippen molar-refractivity contribution in [1.29, 1.82) is 0 Å². The van der Waals surface area contributed by atoms with E-state index in [4.69, 9.17) is 5.73 Å². The zero-order chi connectivity index (χ0) is 14.8. The van der Waals surface area contributed by atoms with E-state index in [1.165, 1.54) is 5.56 Å². The lowest BCUT2D eigenvalue weighted by Gasteiger charge is -2.06. The summed E-state index contributed by atoms with van der Waals surface area (Å²) < 4.78 is 2.08. The van der Waals surface area contributed by atoms with Gasteiger partial charge in [-0.1, -0.05) is 30.3 Å². The Morgan fingerprint density at radius 3 is 2.67 bits per heavy atom. The molecule has 0 saturated heterocycles. The van der Waals surface area contributed by atoms with Crippen LogP contribution in [0.2, 0.25) is 0 Å².